The molecule has 0 aliphatic rings. The van der Waals surface area contributed by atoms with E-state index in [-0.39, 0.29) is 11.6 Å². The molecule has 1 amide bonds. The van der Waals surface area contributed by atoms with Crippen LogP contribution >= 0.6 is 23.5 Å². The van der Waals surface area contributed by atoms with Gasteiger partial charge in [-0.05, 0) is 24.3 Å². The Kier molecular flexibility index (Phi) is 5.82. The van der Waals surface area contributed by atoms with Crippen LogP contribution in [0, 0.1) is 0 Å². The first-order valence-electron chi connectivity index (χ1n) is 8.51. The molecule has 10 heteroatoms. The predicted octanol–water partition coefficient (Wildman–Crippen LogP) is 3.55. The van der Waals surface area contributed by atoms with Crippen LogP contribution in [0.25, 0.3) is 0 Å². The van der Waals surface area contributed by atoms with Gasteiger partial charge in [-0.3, -0.25) is 19.4 Å². The fraction of sp³-hybridized carbons (Fsp3) is 0.0526. The van der Waals surface area contributed by atoms with E-state index < -0.39 is 0 Å². The first-order chi connectivity index (χ1) is 14.2. The fourth-order valence-electron chi connectivity index (χ4n) is 2.34. The standard InChI is InChI=1S/C19H15N7OS2/c1-26-11-6-15(25-26)23-18(27)17-19(29-14-4-9-21-10-5-14)22-12-16(24-17)28-13-2-7-20-8-3-13/h2-12H,1H3,(H,23,25,27). The number of hydrogen-bond acceptors (Lipinski definition) is 8. The largest absolute Gasteiger partial charge is 0.304 e. The Morgan fingerprint density at radius 3 is 2.24 bits per heavy atom. The molecular weight excluding hydrogens is 406 g/mol. The van der Waals surface area contributed by atoms with Crippen LogP contribution in [0.5, 0.6) is 0 Å². The number of carbonyl (C=O) groups is 1. The van der Waals surface area contributed by atoms with Gasteiger partial charge in [0.15, 0.2) is 11.5 Å². The van der Waals surface area contributed by atoms with Crippen LogP contribution < -0.4 is 5.32 Å². The van der Waals surface area contributed by atoms with Gasteiger partial charge in [0.1, 0.15) is 10.1 Å². The summed E-state index contributed by atoms with van der Waals surface area (Å²) in [6.07, 6.45) is 10.2. The summed E-state index contributed by atoms with van der Waals surface area (Å²) in [6, 6.07) is 9.18. The number of aryl methyl sites for hydroxylation is 1. The summed E-state index contributed by atoms with van der Waals surface area (Å²) in [5.41, 5.74) is 0.233. The van der Waals surface area contributed by atoms with Crippen molar-refractivity contribution in [2.24, 2.45) is 7.05 Å². The number of hydrogen-bond donors (Lipinski definition) is 1. The SMILES string of the molecule is Cn1ccc(NC(=O)c2nc(Sc3ccncc3)cnc2Sc2ccncc2)n1. The molecule has 0 saturated heterocycles. The van der Waals surface area contributed by atoms with Gasteiger partial charge in [0.25, 0.3) is 5.91 Å². The third kappa shape index (κ3) is 4.98. The molecule has 0 aliphatic heterocycles. The van der Waals surface area contributed by atoms with Gasteiger partial charge in [0.05, 0.1) is 6.20 Å². The molecule has 4 aromatic heterocycles. The Labute approximate surface area is 175 Å². The second-order valence-corrected chi connectivity index (χ2v) is 7.92. The Hall–Kier alpha value is -3.24. The molecule has 0 spiro atoms. The number of nitrogens with one attached hydrogen (secondary N) is 1. The maximum Gasteiger partial charge on any atom is 0.278 e. The van der Waals surface area contributed by atoms with E-state index in [0.717, 1.165) is 9.79 Å². The third-order valence-corrected chi connectivity index (χ3v) is 5.54. The molecule has 4 rings (SSSR count). The number of aromatic nitrogens is 6. The predicted molar refractivity (Wildman–Crippen MR) is 110 cm³/mol. The lowest BCUT2D eigenvalue weighted by molar-refractivity contribution is 0.101. The number of nitrogens with zero attached hydrogens (tertiary/aromatic N) is 6. The Morgan fingerprint density at radius 1 is 0.966 bits per heavy atom. The average molecular weight is 422 g/mol. The van der Waals surface area contributed by atoms with E-state index in [1.807, 2.05) is 24.3 Å². The van der Waals surface area contributed by atoms with Crippen LogP contribution in [0.4, 0.5) is 5.82 Å². The first-order valence-corrected chi connectivity index (χ1v) is 10.1. The molecule has 29 heavy (non-hydrogen) atoms. The number of pyridine rings is 2. The minimum atomic E-state index is -0.370. The van der Waals surface area contributed by atoms with Crippen molar-refractivity contribution in [2.45, 2.75) is 19.8 Å². The summed E-state index contributed by atoms with van der Waals surface area (Å²) in [5.74, 6) is 0.0799. The van der Waals surface area contributed by atoms with Gasteiger partial charge in [0.2, 0.25) is 0 Å². The van der Waals surface area contributed by atoms with Gasteiger partial charge < -0.3 is 5.32 Å². The lowest BCUT2D eigenvalue weighted by Gasteiger charge is -2.09. The highest BCUT2D eigenvalue weighted by Crippen LogP contribution is 2.31. The molecule has 0 aromatic carbocycles. The van der Waals surface area contributed by atoms with E-state index >= 15 is 0 Å². The average Bonchev–Trinajstić information content (AvgIpc) is 3.15. The molecule has 0 bridgehead atoms. The van der Waals surface area contributed by atoms with E-state index in [1.54, 1.807) is 55.0 Å². The van der Waals surface area contributed by atoms with Crippen molar-refractivity contribution in [3.8, 4) is 0 Å². The number of amides is 1. The van der Waals surface area contributed by atoms with Crippen molar-refractivity contribution in [1.29, 1.82) is 0 Å². The van der Waals surface area contributed by atoms with Crippen LogP contribution in [0.15, 0.2) is 87.4 Å². The fourth-order valence-corrected chi connectivity index (χ4v) is 3.90. The molecule has 4 aromatic rings. The molecule has 144 valence electrons. The Bertz CT molecular complexity index is 1120. The van der Waals surface area contributed by atoms with E-state index in [0.29, 0.717) is 15.9 Å². The highest BCUT2D eigenvalue weighted by Gasteiger charge is 2.18. The topological polar surface area (TPSA) is 98.5 Å². The highest BCUT2D eigenvalue weighted by atomic mass is 32.2. The maximum atomic E-state index is 12.9. The van der Waals surface area contributed by atoms with Crippen molar-refractivity contribution < 1.29 is 4.79 Å². The summed E-state index contributed by atoms with van der Waals surface area (Å²) < 4.78 is 1.61. The number of anilines is 1. The van der Waals surface area contributed by atoms with Gasteiger partial charge in [-0.25, -0.2) is 9.97 Å². The second-order valence-electron chi connectivity index (χ2n) is 5.76. The molecule has 1 N–H and O–H groups in total. The second kappa shape index (κ2) is 8.84. The zero-order valence-corrected chi connectivity index (χ0v) is 16.9. The van der Waals surface area contributed by atoms with Crippen molar-refractivity contribution in [3.63, 3.8) is 0 Å². The smallest absolute Gasteiger partial charge is 0.278 e. The van der Waals surface area contributed by atoms with Gasteiger partial charge in [0, 0.05) is 53.9 Å². The Balaban J connectivity index is 1.65. The molecule has 0 fully saturated rings. The minimum Gasteiger partial charge on any atom is -0.304 e. The molecule has 0 unspecified atom stereocenters. The zero-order chi connectivity index (χ0) is 20.1. The summed E-state index contributed by atoms with van der Waals surface area (Å²) in [5, 5.41) is 8.08. The molecule has 0 atom stereocenters. The van der Waals surface area contributed by atoms with Gasteiger partial charge >= 0.3 is 0 Å². The van der Waals surface area contributed by atoms with Crippen molar-refractivity contribution in [1.82, 2.24) is 29.7 Å². The molecule has 0 saturated carbocycles. The summed E-state index contributed by atoms with van der Waals surface area (Å²) >= 11 is 2.77. The van der Waals surface area contributed by atoms with Crippen LogP contribution in [-0.4, -0.2) is 35.6 Å². The molecule has 8 nitrogen and oxygen atoms in total. The maximum absolute atomic E-state index is 12.9. The lowest BCUT2D eigenvalue weighted by atomic mass is 10.4. The molecule has 0 radical (unpaired) electrons. The van der Waals surface area contributed by atoms with Crippen molar-refractivity contribution in [3.05, 3.63) is 73.2 Å². The van der Waals surface area contributed by atoms with Crippen molar-refractivity contribution in [2.75, 3.05) is 5.32 Å². The number of carbonyl (C=O) groups excluding carboxylic acids is 1. The van der Waals surface area contributed by atoms with Crippen molar-refractivity contribution >= 4 is 35.2 Å². The van der Waals surface area contributed by atoms with Crippen LogP contribution in [-0.2, 0) is 7.05 Å². The zero-order valence-electron chi connectivity index (χ0n) is 15.3. The third-order valence-electron chi connectivity index (χ3n) is 3.62. The lowest BCUT2D eigenvalue weighted by Crippen LogP contribution is -2.16. The summed E-state index contributed by atoms with van der Waals surface area (Å²) in [7, 11) is 1.78. The van der Waals surface area contributed by atoms with Gasteiger partial charge in [-0.15, -0.1) is 0 Å². The van der Waals surface area contributed by atoms with Gasteiger partial charge in [-0.2, -0.15) is 5.10 Å². The van der Waals surface area contributed by atoms with Crippen LogP contribution in [0.2, 0.25) is 0 Å². The van der Waals surface area contributed by atoms with Crippen LogP contribution in [0.3, 0.4) is 0 Å². The van der Waals surface area contributed by atoms with E-state index in [9.17, 15) is 4.79 Å². The van der Waals surface area contributed by atoms with Crippen LogP contribution in [0.1, 0.15) is 10.5 Å². The molecular formula is C19H15N7OS2. The normalized spacial score (nSPS) is 10.7. The highest BCUT2D eigenvalue weighted by molar-refractivity contribution is 7.99. The van der Waals surface area contributed by atoms with E-state index in [1.165, 1.54) is 23.5 Å². The number of rotatable bonds is 6. The van der Waals surface area contributed by atoms with E-state index in [4.69, 9.17) is 0 Å². The quantitative estimate of drug-likeness (QED) is 0.505. The first kappa shape index (κ1) is 19.1. The van der Waals surface area contributed by atoms with E-state index in [2.05, 4.69) is 30.4 Å². The molecule has 0 aliphatic carbocycles. The minimum absolute atomic E-state index is 0.233. The summed E-state index contributed by atoms with van der Waals surface area (Å²) in [6.45, 7) is 0. The van der Waals surface area contributed by atoms with Gasteiger partial charge in [-0.1, -0.05) is 23.5 Å². The monoisotopic (exact) mass is 421 g/mol. The summed E-state index contributed by atoms with van der Waals surface area (Å²) in [4.78, 5) is 31.9. The molecule has 4 heterocycles. The Morgan fingerprint density at radius 2 is 1.62 bits per heavy atom.